The van der Waals surface area contributed by atoms with E-state index in [1.807, 2.05) is 48.5 Å². The number of benzene rings is 4. The summed E-state index contributed by atoms with van der Waals surface area (Å²) in [6.07, 6.45) is 42.1. The van der Waals surface area contributed by atoms with E-state index in [-0.39, 0.29) is 0 Å². The molecule has 0 saturated heterocycles. The van der Waals surface area contributed by atoms with Crippen LogP contribution < -0.4 is 18.9 Å². The van der Waals surface area contributed by atoms with Crippen LogP contribution >= 0.6 is 0 Å². The van der Waals surface area contributed by atoms with Crippen molar-refractivity contribution in [3.63, 3.8) is 0 Å². The molecule has 0 aliphatic carbocycles. The first-order valence-electron chi connectivity index (χ1n) is 33.0. The second-order valence-electron chi connectivity index (χ2n) is 23.6. The van der Waals surface area contributed by atoms with Gasteiger partial charge in [0.1, 0.15) is 23.0 Å². The molecule has 0 spiro atoms. The fourth-order valence-corrected chi connectivity index (χ4v) is 11.7. The van der Waals surface area contributed by atoms with Crippen molar-refractivity contribution in [2.24, 2.45) is 11.8 Å². The number of hydrogen-bond donors (Lipinski definition) is 1. The van der Waals surface area contributed by atoms with Gasteiger partial charge in [0.05, 0.1) is 54.6 Å². The normalized spacial score (nSPS) is 11.5. The zero-order chi connectivity index (χ0) is 58.3. The number of quaternary nitrogens is 1. The molecule has 4 rings (SSSR count). The molecule has 4 aromatic carbocycles. The van der Waals surface area contributed by atoms with Crippen LogP contribution in [0.4, 0.5) is 0 Å². The number of hydrogen-bond acceptors (Lipinski definition) is 7. The molecule has 9 heteroatoms. The highest BCUT2D eigenvalue weighted by Crippen LogP contribution is 2.26. The van der Waals surface area contributed by atoms with E-state index in [2.05, 4.69) is 76.2 Å². The van der Waals surface area contributed by atoms with Crippen molar-refractivity contribution in [3.05, 3.63) is 119 Å². The fraction of sp³-hybridized carbons (Fsp3) is 0.667. The maximum atomic E-state index is 10.4. The summed E-state index contributed by atoms with van der Waals surface area (Å²) in [6, 6.07) is 33.1. The molecule has 0 fully saturated rings. The number of nitrogens with zero attached hydrogens (tertiary/aromatic N) is 1. The molecule has 0 aromatic heterocycles. The Morgan fingerprint density at radius 2 is 0.543 bits per heavy atom. The molecule has 0 amide bonds. The van der Waals surface area contributed by atoms with Gasteiger partial charge in [-0.05, 0) is 185 Å². The van der Waals surface area contributed by atoms with Gasteiger partial charge in [-0.3, -0.25) is 0 Å². The summed E-state index contributed by atoms with van der Waals surface area (Å²) in [5.41, 5.74) is 5.10. The largest absolute Gasteiger partial charge is 0.636 e. The van der Waals surface area contributed by atoms with Crippen molar-refractivity contribution < 1.29 is 37.8 Å². The van der Waals surface area contributed by atoms with Crippen molar-refractivity contribution in [2.45, 2.75) is 233 Å². The van der Waals surface area contributed by atoms with Gasteiger partial charge in [0.2, 0.25) is 0 Å². The van der Waals surface area contributed by atoms with Crippen LogP contribution in [-0.2, 0) is 35.0 Å². The van der Waals surface area contributed by atoms with Crippen LogP contribution in [-0.4, -0.2) is 84.7 Å². The minimum Gasteiger partial charge on any atom is -0.497 e. The Labute approximate surface area is 497 Å². The van der Waals surface area contributed by atoms with E-state index in [0.29, 0.717) is 25.0 Å². The quantitative estimate of drug-likeness (QED) is 0.0268. The molecule has 0 atom stereocenters. The van der Waals surface area contributed by atoms with Gasteiger partial charge in [0.15, 0.2) is 0 Å². The zero-order valence-corrected chi connectivity index (χ0v) is 53.2. The smallest absolute Gasteiger partial charge is 0.497 e. The summed E-state index contributed by atoms with van der Waals surface area (Å²) in [7, 11) is 5.51. The molecular formula is C72H119BNO7+. The minimum absolute atomic E-state index is 0.418. The Balaban J connectivity index is 0.000000459. The van der Waals surface area contributed by atoms with Crippen LogP contribution in [0.1, 0.15) is 230 Å². The third-order valence-electron chi connectivity index (χ3n) is 16.7. The van der Waals surface area contributed by atoms with Crippen LogP contribution in [0.2, 0.25) is 0 Å². The van der Waals surface area contributed by atoms with Gasteiger partial charge < -0.3 is 37.8 Å². The third kappa shape index (κ3) is 34.4. The van der Waals surface area contributed by atoms with Crippen LogP contribution in [0.15, 0.2) is 97.1 Å². The van der Waals surface area contributed by atoms with E-state index in [4.69, 9.17) is 28.3 Å². The summed E-state index contributed by atoms with van der Waals surface area (Å²) >= 11 is 0. The molecule has 0 aliphatic heterocycles. The predicted octanol–water partition coefficient (Wildman–Crippen LogP) is 19.0. The second kappa shape index (κ2) is 47.4. The number of unbranched alkanes of at least 4 members (excludes halogenated alkanes) is 20. The molecule has 0 aliphatic rings. The number of rotatable bonds is 50. The van der Waals surface area contributed by atoms with Gasteiger partial charge in [-0.1, -0.05) is 179 Å². The van der Waals surface area contributed by atoms with Crippen molar-refractivity contribution in [2.75, 3.05) is 67.8 Å². The van der Waals surface area contributed by atoms with Gasteiger partial charge in [0, 0.05) is 13.2 Å². The lowest BCUT2D eigenvalue weighted by atomic mass is 9.89. The highest BCUT2D eigenvalue weighted by Gasteiger charge is 2.26. The monoisotopic (exact) mass is 1120 g/mol. The molecular weight excluding hydrogens is 1000 g/mol. The number of methoxy groups -OCH3 is 4. The SMILES string of the molecule is CCCCCCCC[N+](CCCCCCCC)(CCCCCCCC)CCCCCCCC.COc1ccc(CC(CCCOB(O)OCCCC(Cc2ccc(OC)cc2)Cc2ccc(OC)cc2)Cc2ccc(OC)cc2)cc1. The minimum atomic E-state index is -1.23. The number of ether oxygens (including phenoxy) is 4. The molecule has 0 heterocycles. The van der Waals surface area contributed by atoms with Gasteiger partial charge in [-0.2, -0.15) is 0 Å². The molecule has 1 N–H and O–H groups in total. The van der Waals surface area contributed by atoms with E-state index in [1.165, 1.54) is 207 Å². The summed E-state index contributed by atoms with van der Waals surface area (Å²) in [4.78, 5) is 0. The van der Waals surface area contributed by atoms with Crippen molar-refractivity contribution in [1.82, 2.24) is 0 Å². The lowest BCUT2D eigenvalue weighted by molar-refractivity contribution is -0.929. The maximum absolute atomic E-state index is 10.4. The molecule has 456 valence electrons. The topological polar surface area (TPSA) is 75.6 Å². The predicted molar refractivity (Wildman–Crippen MR) is 345 cm³/mol. The average Bonchev–Trinajstić information content (AvgIpc) is 3.50. The van der Waals surface area contributed by atoms with Crippen LogP contribution in [0, 0.1) is 11.8 Å². The standard InChI is InChI=1S/C40H51BO7.C32H68N/c1-43-37-17-9-31(10-18-37)27-35(28-32-11-19-38(44-2)20-12-32)7-5-25-47-41(42)48-26-6-8-36(29-33-13-21-39(45-3)22-14-33)30-34-15-23-40(46-4)24-16-34;1-5-9-13-17-21-25-29-33(30-26-22-18-14-10-6-2,31-27-23-19-15-11-7-3)32-28-24-20-16-12-8-4/h9-24,35-36,42H,5-8,25-30H2,1-4H3;5-32H2,1-4H3/q;+1. The van der Waals surface area contributed by atoms with Crippen molar-refractivity contribution >= 4 is 7.32 Å². The molecule has 4 aromatic rings. The van der Waals surface area contributed by atoms with Gasteiger partial charge >= 0.3 is 7.32 Å². The summed E-state index contributed by atoms with van der Waals surface area (Å²) in [5.74, 6) is 4.27. The summed E-state index contributed by atoms with van der Waals surface area (Å²) in [5, 5.41) is 10.4. The van der Waals surface area contributed by atoms with Crippen molar-refractivity contribution in [3.8, 4) is 23.0 Å². The Morgan fingerprint density at radius 1 is 0.321 bits per heavy atom. The lowest BCUT2D eigenvalue weighted by Gasteiger charge is -2.40. The van der Waals surface area contributed by atoms with E-state index in [0.717, 1.165) is 74.4 Å². The lowest BCUT2D eigenvalue weighted by Crippen LogP contribution is -2.50. The first-order chi connectivity index (χ1) is 39.7. The van der Waals surface area contributed by atoms with Gasteiger partial charge in [0.25, 0.3) is 0 Å². The Morgan fingerprint density at radius 3 is 0.765 bits per heavy atom. The Kier molecular flexibility index (Phi) is 41.7. The second-order valence-corrected chi connectivity index (χ2v) is 23.6. The maximum Gasteiger partial charge on any atom is 0.636 e. The first kappa shape index (κ1) is 71.2. The Bertz CT molecular complexity index is 1730. The van der Waals surface area contributed by atoms with Crippen LogP contribution in [0.5, 0.6) is 23.0 Å². The van der Waals surface area contributed by atoms with Crippen LogP contribution in [0.3, 0.4) is 0 Å². The molecule has 0 saturated carbocycles. The molecule has 8 nitrogen and oxygen atoms in total. The first-order valence-corrected chi connectivity index (χ1v) is 33.0. The molecule has 0 unspecified atom stereocenters. The fourth-order valence-electron chi connectivity index (χ4n) is 11.7. The molecule has 0 radical (unpaired) electrons. The van der Waals surface area contributed by atoms with E-state index in [1.54, 1.807) is 28.4 Å². The average molecular weight is 1120 g/mol. The highest BCUT2D eigenvalue weighted by atomic mass is 16.7. The highest BCUT2D eigenvalue weighted by molar-refractivity contribution is 6.34. The molecule has 0 bridgehead atoms. The summed E-state index contributed by atoms with van der Waals surface area (Å²) < 4.78 is 34.1. The zero-order valence-electron chi connectivity index (χ0n) is 53.2. The van der Waals surface area contributed by atoms with Gasteiger partial charge in [-0.15, -0.1) is 0 Å². The summed E-state index contributed by atoms with van der Waals surface area (Å²) in [6.45, 7) is 16.1. The third-order valence-corrected chi connectivity index (χ3v) is 16.7. The Hall–Kier alpha value is -4.02. The van der Waals surface area contributed by atoms with E-state index >= 15 is 0 Å². The van der Waals surface area contributed by atoms with Gasteiger partial charge in [-0.25, -0.2) is 0 Å². The van der Waals surface area contributed by atoms with Crippen molar-refractivity contribution in [1.29, 1.82) is 0 Å². The van der Waals surface area contributed by atoms with E-state index < -0.39 is 7.32 Å². The molecule has 81 heavy (non-hydrogen) atoms. The van der Waals surface area contributed by atoms with Crippen LogP contribution in [0.25, 0.3) is 0 Å². The van der Waals surface area contributed by atoms with E-state index in [9.17, 15) is 5.02 Å².